The van der Waals surface area contributed by atoms with Gasteiger partial charge in [0.15, 0.2) is 0 Å². The highest BCUT2D eigenvalue weighted by Crippen LogP contribution is 1.90. The summed E-state index contributed by atoms with van der Waals surface area (Å²) >= 11 is 0. The quantitative estimate of drug-likeness (QED) is 0.565. The summed E-state index contributed by atoms with van der Waals surface area (Å²) in [6.45, 7) is 3.52. The molecule has 0 bridgehead atoms. The van der Waals surface area contributed by atoms with Crippen LogP contribution in [-0.2, 0) is 6.54 Å². The summed E-state index contributed by atoms with van der Waals surface area (Å²) in [6, 6.07) is 2.30. The van der Waals surface area contributed by atoms with Crippen molar-refractivity contribution in [3.8, 4) is 0 Å². The van der Waals surface area contributed by atoms with Gasteiger partial charge in [-0.25, -0.2) is 0 Å². The highest BCUT2D eigenvalue weighted by Gasteiger charge is 1.97. The molecule has 4 nitrogen and oxygen atoms in total. The lowest BCUT2D eigenvalue weighted by Crippen LogP contribution is -2.32. The molecule has 4 heteroatoms. The molecule has 1 unspecified atom stereocenters. The minimum absolute atomic E-state index is 0.360. The van der Waals surface area contributed by atoms with Crippen molar-refractivity contribution in [3.63, 3.8) is 0 Å². The van der Waals surface area contributed by atoms with Crippen LogP contribution in [0.3, 0.4) is 0 Å². The van der Waals surface area contributed by atoms with E-state index in [-0.39, 0.29) is 0 Å². The summed E-state index contributed by atoms with van der Waals surface area (Å²) in [5.74, 6) is 0. The molecule has 0 saturated carbocycles. The molecule has 1 heterocycles. The Morgan fingerprint density at radius 3 is 3.18 bits per heavy atom. The van der Waals surface area contributed by atoms with Crippen LogP contribution >= 0.6 is 0 Å². The molecule has 0 amide bonds. The Hall–Kier alpha value is -0.870. The topological polar surface area (TPSA) is 66.7 Å². The van der Waals surface area contributed by atoms with Gasteiger partial charge in [-0.2, -0.15) is 5.10 Å². The van der Waals surface area contributed by atoms with Crippen LogP contribution in [0.2, 0.25) is 0 Å². The number of hydrogen-bond acceptors (Lipinski definition) is 3. The third kappa shape index (κ3) is 2.69. The van der Waals surface area contributed by atoms with Crippen LogP contribution in [0.5, 0.6) is 0 Å². The first-order valence-electron chi connectivity index (χ1n) is 3.74. The molecule has 0 saturated heterocycles. The van der Waals surface area contributed by atoms with Crippen molar-refractivity contribution in [2.75, 3.05) is 6.54 Å². The zero-order valence-electron chi connectivity index (χ0n) is 6.67. The average molecular weight is 154 g/mol. The first kappa shape index (κ1) is 8.23. The van der Waals surface area contributed by atoms with Crippen molar-refractivity contribution in [2.24, 2.45) is 5.73 Å². The lowest BCUT2D eigenvalue weighted by atomic mass is 10.3. The Morgan fingerprint density at radius 1 is 1.82 bits per heavy atom. The molecule has 0 aliphatic heterocycles. The van der Waals surface area contributed by atoms with E-state index in [0.717, 1.165) is 12.2 Å². The molecule has 1 rings (SSSR count). The predicted molar refractivity (Wildman–Crippen MR) is 43.9 cm³/mol. The van der Waals surface area contributed by atoms with E-state index in [0.29, 0.717) is 12.6 Å². The summed E-state index contributed by atoms with van der Waals surface area (Å²) in [5.41, 5.74) is 6.51. The van der Waals surface area contributed by atoms with Gasteiger partial charge >= 0.3 is 0 Å². The van der Waals surface area contributed by atoms with Crippen molar-refractivity contribution >= 4 is 0 Å². The van der Waals surface area contributed by atoms with E-state index < -0.39 is 0 Å². The predicted octanol–water partition coefficient (Wildman–Crippen LogP) is -0.154. The van der Waals surface area contributed by atoms with Gasteiger partial charge in [-0.05, 0) is 13.0 Å². The van der Waals surface area contributed by atoms with Crippen LogP contribution in [0.15, 0.2) is 12.3 Å². The summed E-state index contributed by atoms with van der Waals surface area (Å²) in [7, 11) is 0. The fourth-order valence-electron chi connectivity index (χ4n) is 0.751. The van der Waals surface area contributed by atoms with Crippen molar-refractivity contribution in [2.45, 2.75) is 19.5 Å². The summed E-state index contributed by atoms with van der Waals surface area (Å²) in [4.78, 5) is 0. The monoisotopic (exact) mass is 154 g/mol. The van der Waals surface area contributed by atoms with Crippen LogP contribution in [0.1, 0.15) is 12.6 Å². The van der Waals surface area contributed by atoms with Gasteiger partial charge in [0.05, 0.1) is 0 Å². The number of nitrogens with zero attached hydrogens (tertiary/aromatic N) is 1. The zero-order chi connectivity index (χ0) is 8.10. The van der Waals surface area contributed by atoms with Crippen LogP contribution in [0.4, 0.5) is 0 Å². The number of hydrogen-bond donors (Lipinski definition) is 3. The molecule has 1 atom stereocenters. The van der Waals surface area contributed by atoms with E-state index in [2.05, 4.69) is 22.4 Å². The van der Waals surface area contributed by atoms with E-state index in [9.17, 15) is 0 Å². The van der Waals surface area contributed by atoms with Crippen molar-refractivity contribution < 1.29 is 0 Å². The van der Waals surface area contributed by atoms with Crippen molar-refractivity contribution in [1.82, 2.24) is 15.5 Å². The molecule has 0 aliphatic carbocycles. The minimum atomic E-state index is 0.360. The number of rotatable bonds is 4. The Labute approximate surface area is 66.2 Å². The number of nitrogens with one attached hydrogen (secondary N) is 2. The van der Waals surface area contributed by atoms with Crippen LogP contribution in [0.25, 0.3) is 0 Å². The fourth-order valence-corrected chi connectivity index (χ4v) is 0.751. The normalized spacial score (nSPS) is 13.3. The molecule has 0 aliphatic rings. The number of aromatic nitrogens is 2. The Kier molecular flexibility index (Phi) is 3.07. The largest absolute Gasteiger partial charge is 0.329 e. The second-order valence-electron chi connectivity index (χ2n) is 2.60. The summed E-state index contributed by atoms with van der Waals surface area (Å²) in [5, 5.41) is 9.93. The molecular weight excluding hydrogens is 140 g/mol. The molecule has 0 spiro atoms. The number of aromatic amines is 1. The molecule has 11 heavy (non-hydrogen) atoms. The molecule has 62 valence electrons. The first-order valence-corrected chi connectivity index (χ1v) is 3.74. The average Bonchev–Trinajstić information content (AvgIpc) is 2.52. The third-order valence-electron chi connectivity index (χ3n) is 1.55. The van der Waals surface area contributed by atoms with E-state index in [4.69, 9.17) is 5.73 Å². The highest BCUT2D eigenvalue weighted by molar-refractivity contribution is 4.96. The van der Waals surface area contributed by atoms with Gasteiger partial charge < -0.3 is 11.1 Å². The summed E-state index contributed by atoms with van der Waals surface area (Å²) < 4.78 is 0. The molecule has 1 aromatic rings. The van der Waals surface area contributed by atoms with Crippen molar-refractivity contribution in [1.29, 1.82) is 0 Å². The van der Waals surface area contributed by atoms with Crippen LogP contribution in [0, 0.1) is 0 Å². The third-order valence-corrected chi connectivity index (χ3v) is 1.55. The maximum absolute atomic E-state index is 5.42. The number of nitrogens with two attached hydrogens (primary N) is 1. The second-order valence-corrected chi connectivity index (χ2v) is 2.60. The zero-order valence-corrected chi connectivity index (χ0v) is 6.67. The fraction of sp³-hybridized carbons (Fsp3) is 0.571. The van der Waals surface area contributed by atoms with E-state index in [1.165, 1.54) is 0 Å². The van der Waals surface area contributed by atoms with Gasteiger partial charge in [-0.15, -0.1) is 0 Å². The van der Waals surface area contributed by atoms with Gasteiger partial charge in [-0.3, -0.25) is 5.10 Å². The maximum Gasteiger partial charge on any atom is 0.0490 e. The smallest absolute Gasteiger partial charge is 0.0490 e. The Bertz CT molecular complexity index is 182. The van der Waals surface area contributed by atoms with Crippen LogP contribution in [-0.4, -0.2) is 22.8 Å². The van der Waals surface area contributed by atoms with Gasteiger partial charge in [0, 0.05) is 31.0 Å². The molecule has 1 aromatic heterocycles. The first-order chi connectivity index (χ1) is 5.33. The number of H-pyrrole nitrogens is 1. The Balaban J connectivity index is 2.23. The summed E-state index contributed by atoms with van der Waals surface area (Å²) in [6.07, 6.45) is 1.74. The molecule has 0 aromatic carbocycles. The van der Waals surface area contributed by atoms with E-state index >= 15 is 0 Å². The van der Waals surface area contributed by atoms with Gasteiger partial charge in [0.1, 0.15) is 0 Å². The van der Waals surface area contributed by atoms with Gasteiger partial charge in [-0.1, -0.05) is 0 Å². The minimum Gasteiger partial charge on any atom is -0.329 e. The SMILES string of the molecule is CC(CN)NCc1ccn[nH]1. The van der Waals surface area contributed by atoms with Gasteiger partial charge in [0.2, 0.25) is 0 Å². The lowest BCUT2D eigenvalue weighted by Gasteiger charge is -2.08. The van der Waals surface area contributed by atoms with Gasteiger partial charge in [0.25, 0.3) is 0 Å². The molecule has 4 N–H and O–H groups in total. The Morgan fingerprint density at radius 2 is 2.64 bits per heavy atom. The van der Waals surface area contributed by atoms with E-state index in [1.54, 1.807) is 6.20 Å². The maximum atomic E-state index is 5.42. The van der Waals surface area contributed by atoms with Crippen LogP contribution < -0.4 is 11.1 Å². The van der Waals surface area contributed by atoms with Crippen molar-refractivity contribution in [3.05, 3.63) is 18.0 Å². The molecule has 0 fully saturated rings. The molecular formula is C7H14N4. The standard InChI is InChI=1S/C7H14N4/c1-6(4-8)9-5-7-2-3-10-11-7/h2-3,6,9H,4-5,8H2,1H3,(H,10,11). The second kappa shape index (κ2) is 4.10. The lowest BCUT2D eigenvalue weighted by molar-refractivity contribution is 0.550. The highest BCUT2D eigenvalue weighted by atomic mass is 15.1. The van der Waals surface area contributed by atoms with E-state index in [1.807, 2.05) is 6.07 Å². The molecule has 0 radical (unpaired) electrons.